The molecule has 8 nitrogen and oxygen atoms in total. The minimum Gasteiger partial charge on any atom is -0.324 e. The van der Waals surface area contributed by atoms with Crippen molar-refractivity contribution >= 4 is 44.6 Å². The van der Waals surface area contributed by atoms with Crippen LogP contribution in [0.4, 0.5) is 21.5 Å². The second-order valence-corrected chi connectivity index (χ2v) is 8.14. The molecule has 1 unspecified atom stereocenters. The third kappa shape index (κ3) is 4.96. The molecule has 0 aliphatic heterocycles. The molecule has 0 heterocycles. The molecule has 0 bridgehead atoms. The Labute approximate surface area is 166 Å². The van der Waals surface area contributed by atoms with Crippen LogP contribution >= 0.6 is 11.6 Å². The number of nitrogens with zero attached hydrogens (tertiary/aromatic N) is 2. The summed E-state index contributed by atoms with van der Waals surface area (Å²) in [5.41, 5.74) is -0.0608. The van der Waals surface area contributed by atoms with Crippen LogP contribution in [0.3, 0.4) is 0 Å². The van der Waals surface area contributed by atoms with Gasteiger partial charge in [-0.2, -0.15) is 0 Å². The fraction of sp³-hybridized carbons (Fsp3) is 0.235. The van der Waals surface area contributed by atoms with Crippen LogP contribution in [0.15, 0.2) is 42.5 Å². The fourth-order valence-electron chi connectivity index (χ4n) is 2.61. The van der Waals surface area contributed by atoms with E-state index < -0.39 is 32.7 Å². The molecule has 1 atom stereocenters. The molecule has 150 valence electrons. The molecule has 0 saturated heterocycles. The molecule has 0 spiro atoms. The summed E-state index contributed by atoms with van der Waals surface area (Å²) in [4.78, 5) is 23.0. The second-order valence-electron chi connectivity index (χ2n) is 5.88. The number of hydrogen-bond acceptors (Lipinski definition) is 5. The number of sulfonamides is 1. The van der Waals surface area contributed by atoms with Gasteiger partial charge in [0, 0.05) is 17.8 Å². The average Bonchev–Trinajstić information content (AvgIpc) is 2.61. The van der Waals surface area contributed by atoms with Crippen LogP contribution in [0, 0.1) is 15.9 Å². The Morgan fingerprint density at radius 3 is 2.54 bits per heavy atom. The van der Waals surface area contributed by atoms with Gasteiger partial charge in [-0.25, -0.2) is 12.8 Å². The molecule has 0 saturated carbocycles. The quantitative estimate of drug-likeness (QED) is 0.534. The highest BCUT2D eigenvalue weighted by atomic mass is 35.5. The summed E-state index contributed by atoms with van der Waals surface area (Å²) in [6, 6.07) is 7.38. The zero-order valence-corrected chi connectivity index (χ0v) is 16.5. The standard InChI is InChI=1S/C17H17ClFN3O5S/c1-3-16(17(23)20-11-5-4-6-13(9-11)22(24)25)21(28(2,26)27)12-7-8-15(19)14(18)10-12/h4-10,16H,3H2,1-2H3,(H,20,23). The van der Waals surface area contributed by atoms with E-state index in [1.165, 1.54) is 24.3 Å². The smallest absolute Gasteiger partial charge is 0.271 e. The van der Waals surface area contributed by atoms with Gasteiger partial charge in [-0.05, 0) is 30.7 Å². The van der Waals surface area contributed by atoms with E-state index in [0.717, 1.165) is 28.8 Å². The number of anilines is 2. The van der Waals surface area contributed by atoms with E-state index in [2.05, 4.69) is 5.32 Å². The van der Waals surface area contributed by atoms with Crippen LogP contribution in [-0.4, -0.2) is 31.5 Å². The highest BCUT2D eigenvalue weighted by Gasteiger charge is 2.32. The molecule has 2 rings (SSSR count). The number of rotatable bonds is 7. The van der Waals surface area contributed by atoms with Crippen molar-refractivity contribution in [2.75, 3.05) is 15.9 Å². The number of carbonyl (C=O) groups is 1. The first-order valence-electron chi connectivity index (χ1n) is 8.04. The van der Waals surface area contributed by atoms with Crippen LogP contribution in [0.2, 0.25) is 5.02 Å². The molecular weight excluding hydrogens is 413 g/mol. The minimum absolute atomic E-state index is 0.0231. The Kier molecular flexibility index (Phi) is 6.57. The summed E-state index contributed by atoms with van der Waals surface area (Å²) in [6.45, 7) is 1.60. The van der Waals surface area contributed by atoms with Gasteiger partial charge in [0.15, 0.2) is 0 Å². The molecule has 2 aromatic carbocycles. The van der Waals surface area contributed by atoms with Crippen LogP contribution in [0.5, 0.6) is 0 Å². The lowest BCUT2D eigenvalue weighted by molar-refractivity contribution is -0.384. The van der Waals surface area contributed by atoms with Crippen molar-refractivity contribution in [3.8, 4) is 0 Å². The molecule has 0 aliphatic rings. The number of nitro benzene ring substituents is 1. The average molecular weight is 430 g/mol. The van der Waals surface area contributed by atoms with Crippen molar-refractivity contribution in [1.29, 1.82) is 0 Å². The lowest BCUT2D eigenvalue weighted by atomic mass is 10.1. The maximum atomic E-state index is 13.5. The number of amides is 1. The summed E-state index contributed by atoms with van der Waals surface area (Å²) in [5, 5.41) is 13.1. The zero-order chi connectivity index (χ0) is 21.1. The Morgan fingerprint density at radius 1 is 1.32 bits per heavy atom. The normalized spacial score (nSPS) is 12.3. The van der Waals surface area contributed by atoms with Crippen LogP contribution in [0.25, 0.3) is 0 Å². The monoisotopic (exact) mass is 429 g/mol. The maximum Gasteiger partial charge on any atom is 0.271 e. The molecule has 28 heavy (non-hydrogen) atoms. The largest absolute Gasteiger partial charge is 0.324 e. The Balaban J connectivity index is 2.40. The van der Waals surface area contributed by atoms with E-state index >= 15 is 0 Å². The van der Waals surface area contributed by atoms with Gasteiger partial charge in [0.2, 0.25) is 15.9 Å². The van der Waals surface area contributed by atoms with Crippen LogP contribution in [-0.2, 0) is 14.8 Å². The molecule has 0 fully saturated rings. The minimum atomic E-state index is -3.93. The number of non-ortho nitro benzene ring substituents is 1. The van der Waals surface area contributed by atoms with Gasteiger partial charge in [-0.15, -0.1) is 0 Å². The van der Waals surface area contributed by atoms with Crippen molar-refractivity contribution in [3.63, 3.8) is 0 Å². The Hall–Kier alpha value is -2.72. The number of halogens is 2. The SMILES string of the molecule is CCC(C(=O)Nc1cccc([N+](=O)[O-])c1)N(c1ccc(F)c(Cl)c1)S(C)(=O)=O. The third-order valence-corrected chi connectivity index (χ3v) is 5.28. The van der Waals surface area contributed by atoms with Gasteiger partial charge in [0.25, 0.3) is 5.69 Å². The summed E-state index contributed by atoms with van der Waals surface area (Å²) in [6.07, 6.45) is 0.996. The number of nitrogens with one attached hydrogen (secondary N) is 1. The lowest BCUT2D eigenvalue weighted by Gasteiger charge is -2.30. The first-order chi connectivity index (χ1) is 13.0. The maximum absolute atomic E-state index is 13.5. The molecule has 11 heteroatoms. The van der Waals surface area contributed by atoms with E-state index in [1.807, 2.05) is 0 Å². The van der Waals surface area contributed by atoms with Gasteiger partial charge < -0.3 is 5.32 Å². The molecule has 2 aromatic rings. The first-order valence-corrected chi connectivity index (χ1v) is 10.3. The lowest BCUT2D eigenvalue weighted by Crippen LogP contribution is -2.47. The number of hydrogen-bond donors (Lipinski definition) is 1. The molecule has 0 aromatic heterocycles. The molecule has 0 radical (unpaired) electrons. The predicted molar refractivity (Wildman–Crippen MR) is 105 cm³/mol. The van der Waals surface area contributed by atoms with Crippen LogP contribution in [0.1, 0.15) is 13.3 Å². The highest BCUT2D eigenvalue weighted by molar-refractivity contribution is 7.92. The van der Waals surface area contributed by atoms with Gasteiger partial charge >= 0.3 is 0 Å². The van der Waals surface area contributed by atoms with Crippen molar-refractivity contribution in [2.24, 2.45) is 0 Å². The van der Waals surface area contributed by atoms with Gasteiger partial charge in [-0.3, -0.25) is 19.2 Å². The third-order valence-electron chi connectivity index (χ3n) is 3.81. The molecule has 1 N–H and O–H groups in total. The second kappa shape index (κ2) is 8.53. The van der Waals surface area contributed by atoms with E-state index in [9.17, 15) is 27.7 Å². The van der Waals surface area contributed by atoms with Crippen molar-refractivity contribution in [3.05, 3.63) is 63.4 Å². The predicted octanol–water partition coefficient (Wildman–Crippen LogP) is 3.57. The van der Waals surface area contributed by atoms with Gasteiger partial charge in [-0.1, -0.05) is 24.6 Å². The van der Waals surface area contributed by atoms with E-state index in [4.69, 9.17) is 11.6 Å². The van der Waals surface area contributed by atoms with E-state index in [1.54, 1.807) is 6.92 Å². The zero-order valence-electron chi connectivity index (χ0n) is 14.9. The summed E-state index contributed by atoms with van der Waals surface area (Å²) < 4.78 is 39.0. The first kappa shape index (κ1) is 21.6. The van der Waals surface area contributed by atoms with E-state index in [-0.39, 0.29) is 28.5 Å². The molecular formula is C17H17ClFN3O5S. The summed E-state index contributed by atoms with van der Waals surface area (Å²) in [5.74, 6) is -1.43. The number of carbonyl (C=O) groups excluding carboxylic acids is 1. The van der Waals surface area contributed by atoms with Crippen molar-refractivity contribution < 1.29 is 22.5 Å². The van der Waals surface area contributed by atoms with Gasteiger partial charge in [0.05, 0.1) is 21.9 Å². The van der Waals surface area contributed by atoms with Crippen LogP contribution < -0.4 is 9.62 Å². The highest BCUT2D eigenvalue weighted by Crippen LogP contribution is 2.28. The Bertz CT molecular complexity index is 1020. The summed E-state index contributed by atoms with van der Waals surface area (Å²) in [7, 11) is -3.93. The van der Waals surface area contributed by atoms with Crippen molar-refractivity contribution in [1.82, 2.24) is 0 Å². The van der Waals surface area contributed by atoms with Gasteiger partial charge in [0.1, 0.15) is 11.9 Å². The molecule has 1 amide bonds. The topological polar surface area (TPSA) is 110 Å². The molecule has 0 aliphatic carbocycles. The fourth-order valence-corrected chi connectivity index (χ4v) is 3.98. The van der Waals surface area contributed by atoms with Crippen molar-refractivity contribution in [2.45, 2.75) is 19.4 Å². The summed E-state index contributed by atoms with van der Waals surface area (Å²) >= 11 is 5.75. The van der Waals surface area contributed by atoms with E-state index in [0.29, 0.717) is 0 Å². The number of nitro groups is 1. The number of benzene rings is 2. The Morgan fingerprint density at radius 2 is 2.00 bits per heavy atom.